The molecule has 0 saturated carbocycles. The highest BCUT2D eigenvalue weighted by atomic mass is 16.6. The number of H-pyrrole nitrogens is 1. The molecule has 4 rings (SSSR count). The van der Waals surface area contributed by atoms with Crippen molar-refractivity contribution < 1.29 is 9.66 Å². The Morgan fingerprint density at radius 1 is 1.17 bits per heavy atom. The molecule has 0 atom stereocenters. The van der Waals surface area contributed by atoms with Crippen LogP contribution in [0.1, 0.15) is 5.56 Å². The number of ether oxygens (including phenoxy) is 1. The summed E-state index contributed by atoms with van der Waals surface area (Å²) in [4.78, 5) is 27.7. The maximum absolute atomic E-state index is 11.8. The van der Waals surface area contributed by atoms with E-state index >= 15 is 0 Å². The van der Waals surface area contributed by atoms with Crippen LogP contribution < -0.4 is 15.0 Å². The monoisotopic (exact) mass is 475 g/mol. The first-order chi connectivity index (χ1) is 16.8. The quantitative estimate of drug-likeness (QED) is 0.267. The third-order valence-electron chi connectivity index (χ3n) is 5.88. The predicted molar refractivity (Wildman–Crippen MR) is 139 cm³/mol. The van der Waals surface area contributed by atoms with Gasteiger partial charge in [0.25, 0.3) is 5.69 Å². The van der Waals surface area contributed by atoms with E-state index in [1.54, 1.807) is 25.4 Å². The highest BCUT2D eigenvalue weighted by Gasteiger charge is 2.20. The number of likely N-dealkylation sites (N-methyl/N-ethyl adjacent to an activating group) is 2. The number of para-hydroxylation sites is 1. The average molecular weight is 476 g/mol. The van der Waals surface area contributed by atoms with Crippen molar-refractivity contribution in [2.45, 2.75) is 6.92 Å². The van der Waals surface area contributed by atoms with Gasteiger partial charge in [-0.3, -0.25) is 10.1 Å². The van der Waals surface area contributed by atoms with E-state index in [1.807, 2.05) is 62.3 Å². The minimum atomic E-state index is -0.374. The molecule has 182 valence electrons. The van der Waals surface area contributed by atoms with Crippen LogP contribution in [0.15, 0.2) is 48.8 Å². The molecule has 0 bridgehead atoms. The molecule has 0 amide bonds. The number of nitrogens with zero attached hydrogens (tertiary/aromatic N) is 5. The molecule has 0 spiro atoms. The Balaban J connectivity index is 1.67. The third kappa shape index (κ3) is 5.02. The molecule has 0 aliphatic carbocycles. The summed E-state index contributed by atoms with van der Waals surface area (Å²) in [6.07, 6.45) is 3.49. The number of aromatic nitrogens is 3. The molecule has 10 nitrogen and oxygen atoms in total. The third-order valence-corrected chi connectivity index (χ3v) is 5.88. The number of nitro benzene ring substituents is 1. The van der Waals surface area contributed by atoms with Crippen LogP contribution in [0.2, 0.25) is 0 Å². The van der Waals surface area contributed by atoms with E-state index in [1.165, 1.54) is 6.07 Å². The van der Waals surface area contributed by atoms with Crippen LogP contribution in [-0.4, -0.2) is 66.1 Å². The second-order valence-corrected chi connectivity index (χ2v) is 8.62. The lowest BCUT2D eigenvalue weighted by Gasteiger charge is -2.21. The number of rotatable bonds is 9. The van der Waals surface area contributed by atoms with Gasteiger partial charge in [0.1, 0.15) is 11.4 Å². The molecule has 0 saturated heterocycles. The second kappa shape index (κ2) is 9.98. The van der Waals surface area contributed by atoms with Gasteiger partial charge in [-0.2, -0.15) is 0 Å². The van der Waals surface area contributed by atoms with Crippen LogP contribution in [0.25, 0.3) is 22.2 Å². The highest BCUT2D eigenvalue weighted by molar-refractivity contribution is 5.97. The Labute approximate surface area is 203 Å². The van der Waals surface area contributed by atoms with Crippen molar-refractivity contribution >= 4 is 33.9 Å². The van der Waals surface area contributed by atoms with E-state index < -0.39 is 0 Å². The summed E-state index contributed by atoms with van der Waals surface area (Å²) >= 11 is 0. The number of fused-ring (bicyclic) bond motifs is 1. The van der Waals surface area contributed by atoms with Crippen molar-refractivity contribution in [2.75, 3.05) is 51.6 Å². The van der Waals surface area contributed by atoms with Crippen molar-refractivity contribution in [3.63, 3.8) is 0 Å². The lowest BCUT2D eigenvalue weighted by atomic mass is 10.1. The van der Waals surface area contributed by atoms with Gasteiger partial charge in [-0.15, -0.1) is 0 Å². The Hall–Kier alpha value is -4.18. The van der Waals surface area contributed by atoms with Crippen LogP contribution in [-0.2, 0) is 0 Å². The fourth-order valence-electron chi connectivity index (χ4n) is 3.94. The van der Waals surface area contributed by atoms with Crippen molar-refractivity contribution in [1.29, 1.82) is 0 Å². The first kappa shape index (κ1) is 24.0. The summed E-state index contributed by atoms with van der Waals surface area (Å²) < 4.78 is 5.52. The minimum absolute atomic E-state index is 0.0112. The number of aromatic amines is 1. The minimum Gasteiger partial charge on any atom is -0.493 e. The normalized spacial score (nSPS) is 11.1. The Bertz CT molecular complexity index is 1370. The number of methoxy groups -OCH3 is 1. The summed E-state index contributed by atoms with van der Waals surface area (Å²) in [6, 6.07) is 11.1. The number of hydrogen-bond acceptors (Lipinski definition) is 8. The van der Waals surface area contributed by atoms with Gasteiger partial charge in [-0.1, -0.05) is 18.2 Å². The molecule has 0 radical (unpaired) electrons. The molecule has 2 N–H and O–H groups in total. The first-order valence-corrected chi connectivity index (χ1v) is 11.2. The summed E-state index contributed by atoms with van der Waals surface area (Å²) in [6.45, 7) is 3.49. The fourth-order valence-corrected chi connectivity index (χ4v) is 3.94. The van der Waals surface area contributed by atoms with Crippen LogP contribution in [0.4, 0.5) is 23.0 Å². The number of aryl methyl sites for hydroxylation is 1. The molecular weight excluding hydrogens is 446 g/mol. The van der Waals surface area contributed by atoms with E-state index in [0.29, 0.717) is 35.3 Å². The van der Waals surface area contributed by atoms with E-state index in [9.17, 15) is 10.1 Å². The second-order valence-electron chi connectivity index (χ2n) is 8.62. The molecule has 4 aromatic rings. The van der Waals surface area contributed by atoms with E-state index in [2.05, 4.69) is 20.3 Å². The largest absolute Gasteiger partial charge is 0.493 e. The molecule has 0 fully saturated rings. The molecule has 0 unspecified atom stereocenters. The van der Waals surface area contributed by atoms with Crippen molar-refractivity contribution in [2.24, 2.45) is 0 Å². The van der Waals surface area contributed by atoms with Gasteiger partial charge in [0.2, 0.25) is 5.95 Å². The van der Waals surface area contributed by atoms with E-state index in [0.717, 1.165) is 28.6 Å². The summed E-state index contributed by atoms with van der Waals surface area (Å²) in [5.41, 5.74) is 4.74. The molecule has 10 heteroatoms. The van der Waals surface area contributed by atoms with Gasteiger partial charge in [0.15, 0.2) is 5.75 Å². The topological polar surface area (TPSA) is 112 Å². The predicted octanol–water partition coefficient (Wildman–Crippen LogP) is 4.59. The number of nitro groups is 1. The molecule has 2 heterocycles. The van der Waals surface area contributed by atoms with Crippen LogP contribution in [0, 0.1) is 17.0 Å². The maximum atomic E-state index is 11.8. The van der Waals surface area contributed by atoms with Crippen molar-refractivity contribution in [3.8, 4) is 17.0 Å². The molecule has 0 aliphatic rings. The Morgan fingerprint density at radius 2 is 1.97 bits per heavy atom. The fraction of sp³-hybridized carbons (Fsp3) is 0.280. The van der Waals surface area contributed by atoms with Crippen molar-refractivity contribution in [3.05, 3.63) is 64.5 Å². The van der Waals surface area contributed by atoms with Gasteiger partial charge >= 0.3 is 0 Å². The number of anilines is 3. The lowest BCUT2D eigenvalue weighted by Crippen LogP contribution is -2.28. The standard InChI is InChI=1S/C25H29N7O3/c1-16-7-6-8-18-19(14-26-23(16)18)24-22(35-5)15-27-25(29-24)28-17-9-10-20(21(13-17)32(33)34)31(4)12-11-30(2)3/h6-10,13-15,26H,11-12H2,1-5H3,(H,27,28,29). The van der Waals surface area contributed by atoms with Gasteiger partial charge in [0, 0.05) is 54.6 Å². The van der Waals surface area contributed by atoms with E-state index in [-0.39, 0.29) is 10.6 Å². The molecule has 35 heavy (non-hydrogen) atoms. The number of benzene rings is 2. The summed E-state index contributed by atoms with van der Waals surface area (Å²) in [5.74, 6) is 0.840. The van der Waals surface area contributed by atoms with Gasteiger partial charge < -0.3 is 24.8 Å². The lowest BCUT2D eigenvalue weighted by molar-refractivity contribution is -0.384. The zero-order valence-corrected chi connectivity index (χ0v) is 20.5. The molecular formula is C25H29N7O3. The smallest absolute Gasteiger partial charge is 0.294 e. The zero-order chi connectivity index (χ0) is 25.1. The van der Waals surface area contributed by atoms with Gasteiger partial charge in [-0.25, -0.2) is 9.97 Å². The number of nitrogens with one attached hydrogen (secondary N) is 2. The Morgan fingerprint density at radius 3 is 2.69 bits per heavy atom. The van der Waals surface area contributed by atoms with E-state index in [4.69, 9.17) is 4.74 Å². The summed E-state index contributed by atoms with van der Waals surface area (Å²) in [7, 11) is 7.36. The molecule has 2 aromatic carbocycles. The SMILES string of the molecule is COc1cnc(Nc2ccc(N(C)CCN(C)C)c([N+](=O)[O-])c2)nc1-c1c[nH]c2c(C)cccc12. The average Bonchev–Trinajstić information content (AvgIpc) is 3.27. The molecule has 2 aromatic heterocycles. The van der Waals surface area contributed by atoms with Gasteiger partial charge in [0.05, 0.1) is 18.2 Å². The first-order valence-electron chi connectivity index (χ1n) is 11.2. The highest BCUT2D eigenvalue weighted by Crippen LogP contribution is 2.36. The van der Waals surface area contributed by atoms with Crippen LogP contribution >= 0.6 is 0 Å². The van der Waals surface area contributed by atoms with Gasteiger partial charge in [-0.05, 0) is 38.7 Å². The number of hydrogen-bond donors (Lipinski definition) is 2. The van der Waals surface area contributed by atoms with Crippen molar-refractivity contribution in [1.82, 2.24) is 19.9 Å². The van der Waals surface area contributed by atoms with Crippen LogP contribution in [0.5, 0.6) is 5.75 Å². The maximum Gasteiger partial charge on any atom is 0.294 e. The summed E-state index contributed by atoms with van der Waals surface area (Å²) in [5, 5.41) is 15.9. The zero-order valence-electron chi connectivity index (χ0n) is 20.5. The Kier molecular flexibility index (Phi) is 6.83. The molecule has 0 aliphatic heterocycles. The van der Waals surface area contributed by atoms with Crippen LogP contribution in [0.3, 0.4) is 0 Å².